The molecular weight excluding hydrogens is 338 g/mol. The van der Waals surface area contributed by atoms with Gasteiger partial charge in [-0.2, -0.15) is 0 Å². The van der Waals surface area contributed by atoms with Gasteiger partial charge in [-0.1, -0.05) is 66.1 Å². The molecule has 1 nitrogen and oxygen atoms in total. The molecular formula is C27H17N. The molecule has 0 radical (unpaired) electrons. The Morgan fingerprint density at radius 1 is 0.393 bits per heavy atom. The summed E-state index contributed by atoms with van der Waals surface area (Å²) in [4.78, 5) is 4.00. The van der Waals surface area contributed by atoms with E-state index in [1.807, 2.05) is 54.6 Å². The minimum absolute atomic E-state index is 0.964. The van der Waals surface area contributed by atoms with Crippen molar-refractivity contribution in [3.63, 3.8) is 0 Å². The molecule has 0 bridgehead atoms. The van der Waals surface area contributed by atoms with Gasteiger partial charge in [0.25, 0.3) is 0 Å². The van der Waals surface area contributed by atoms with E-state index in [2.05, 4.69) is 65.1 Å². The first kappa shape index (κ1) is 17.3. The summed E-state index contributed by atoms with van der Waals surface area (Å²) in [5.74, 6) is 12.7. The molecule has 4 rings (SSSR count). The summed E-state index contributed by atoms with van der Waals surface area (Å²) in [5.41, 5.74) is 6.32. The van der Waals surface area contributed by atoms with Crippen LogP contribution in [0, 0.1) is 23.7 Å². The van der Waals surface area contributed by atoms with Crippen LogP contribution in [0.25, 0.3) is 11.1 Å². The van der Waals surface area contributed by atoms with Gasteiger partial charge in [0.15, 0.2) is 0 Å². The van der Waals surface area contributed by atoms with Gasteiger partial charge < -0.3 is 0 Å². The molecule has 1 heterocycles. The summed E-state index contributed by atoms with van der Waals surface area (Å²) in [5, 5.41) is 0. The number of pyridine rings is 1. The Hall–Kier alpha value is -4.07. The first-order valence-electron chi connectivity index (χ1n) is 9.06. The third kappa shape index (κ3) is 4.55. The second-order valence-corrected chi connectivity index (χ2v) is 6.26. The van der Waals surface area contributed by atoms with E-state index in [9.17, 15) is 0 Å². The average Bonchev–Trinajstić information content (AvgIpc) is 2.78. The minimum Gasteiger partial charge on any atom is -0.265 e. The van der Waals surface area contributed by atoms with Gasteiger partial charge in [-0.25, -0.2) is 0 Å². The fourth-order valence-corrected chi connectivity index (χ4v) is 2.74. The zero-order valence-electron chi connectivity index (χ0n) is 15.3. The van der Waals surface area contributed by atoms with E-state index >= 15 is 0 Å². The minimum atomic E-state index is 0.964. The van der Waals surface area contributed by atoms with Crippen LogP contribution < -0.4 is 0 Å². The van der Waals surface area contributed by atoms with E-state index in [1.54, 1.807) is 12.4 Å². The maximum atomic E-state index is 4.00. The van der Waals surface area contributed by atoms with Crippen LogP contribution in [0.5, 0.6) is 0 Å². The number of rotatable bonds is 1. The fraction of sp³-hybridized carbons (Fsp3) is 0. The first-order chi connectivity index (χ1) is 13.9. The number of nitrogens with zero attached hydrogens (tertiary/aromatic N) is 1. The van der Waals surface area contributed by atoms with Crippen molar-refractivity contribution in [2.75, 3.05) is 0 Å². The molecule has 130 valence electrons. The number of hydrogen-bond donors (Lipinski definition) is 0. The van der Waals surface area contributed by atoms with Crippen molar-refractivity contribution in [2.24, 2.45) is 0 Å². The van der Waals surface area contributed by atoms with Crippen molar-refractivity contribution in [1.29, 1.82) is 0 Å². The van der Waals surface area contributed by atoms with Crippen LogP contribution in [0.3, 0.4) is 0 Å². The van der Waals surface area contributed by atoms with Crippen molar-refractivity contribution >= 4 is 0 Å². The van der Waals surface area contributed by atoms with Crippen molar-refractivity contribution < 1.29 is 0 Å². The van der Waals surface area contributed by atoms with E-state index in [0.717, 1.165) is 27.8 Å². The summed E-state index contributed by atoms with van der Waals surface area (Å²) < 4.78 is 0. The summed E-state index contributed by atoms with van der Waals surface area (Å²) >= 11 is 0. The fourth-order valence-electron chi connectivity index (χ4n) is 2.74. The lowest BCUT2D eigenvalue weighted by atomic mass is 10.0. The van der Waals surface area contributed by atoms with E-state index < -0.39 is 0 Å². The van der Waals surface area contributed by atoms with Crippen LogP contribution in [0.1, 0.15) is 22.3 Å². The van der Waals surface area contributed by atoms with Gasteiger partial charge in [0.1, 0.15) is 0 Å². The lowest BCUT2D eigenvalue weighted by Gasteiger charge is -2.02. The first-order valence-corrected chi connectivity index (χ1v) is 9.06. The van der Waals surface area contributed by atoms with Crippen LogP contribution in [-0.4, -0.2) is 4.98 Å². The summed E-state index contributed by atoms with van der Waals surface area (Å²) in [7, 11) is 0. The van der Waals surface area contributed by atoms with Gasteiger partial charge in [-0.3, -0.25) is 4.98 Å². The maximum Gasteiger partial charge on any atom is 0.0280 e. The zero-order chi connectivity index (χ0) is 19.0. The largest absolute Gasteiger partial charge is 0.265 e. The number of benzene rings is 3. The third-order valence-corrected chi connectivity index (χ3v) is 4.26. The number of aromatic nitrogens is 1. The highest BCUT2D eigenvalue weighted by Gasteiger charge is 1.98. The van der Waals surface area contributed by atoms with Crippen LogP contribution >= 0.6 is 0 Å². The predicted molar refractivity (Wildman–Crippen MR) is 115 cm³/mol. The Bertz CT molecular complexity index is 1070. The van der Waals surface area contributed by atoms with E-state index in [0.29, 0.717) is 0 Å². The molecule has 0 saturated carbocycles. The summed E-state index contributed by atoms with van der Waals surface area (Å²) in [6, 6.07) is 30.5. The molecule has 28 heavy (non-hydrogen) atoms. The molecule has 1 heteroatoms. The van der Waals surface area contributed by atoms with Crippen molar-refractivity contribution in [2.45, 2.75) is 0 Å². The van der Waals surface area contributed by atoms with Crippen LogP contribution in [0.4, 0.5) is 0 Å². The van der Waals surface area contributed by atoms with Crippen LogP contribution in [-0.2, 0) is 0 Å². The predicted octanol–water partition coefficient (Wildman–Crippen LogP) is 5.55. The average molecular weight is 355 g/mol. The van der Waals surface area contributed by atoms with Crippen molar-refractivity contribution in [3.8, 4) is 34.8 Å². The lowest BCUT2D eigenvalue weighted by molar-refractivity contribution is 1.32. The molecule has 0 unspecified atom stereocenters. The highest BCUT2D eigenvalue weighted by atomic mass is 14.6. The topological polar surface area (TPSA) is 12.9 Å². The van der Waals surface area contributed by atoms with Gasteiger partial charge in [-0.15, -0.1) is 0 Å². The Morgan fingerprint density at radius 3 is 1.25 bits per heavy atom. The molecule has 1 aromatic heterocycles. The molecule has 0 fully saturated rings. The Labute approximate surface area is 165 Å². The van der Waals surface area contributed by atoms with Gasteiger partial charge >= 0.3 is 0 Å². The second-order valence-electron chi connectivity index (χ2n) is 6.26. The van der Waals surface area contributed by atoms with Gasteiger partial charge in [-0.05, 0) is 59.7 Å². The Balaban J connectivity index is 1.48. The van der Waals surface area contributed by atoms with Gasteiger partial charge in [0, 0.05) is 34.6 Å². The Morgan fingerprint density at radius 2 is 0.786 bits per heavy atom. The standard InChI is InChI=1S/C27H17N/c1-2-4-22(5-3-1)6-7-23-10-14-26(15-11-23)27-16-12-24(13-17-27)8-9-25-18-20-28-21-19-25/h1-5,10-21H. The summed E-state index contributed by atoms with van der Waals surface area (Å²) in [6.07, 6.45) is 3.50. The molecule has 0 aliphatic rings. The Kier molecular flexibility index (Phi) is 5.29. The highest BCUT2D eigenvalue weighted by molar-refractivity contribution is 5.65. The van der Waals surface area contributed by atoms with Gasteiger partial charge in [0.05, 0.1) is 0 Å². The molecule has 3 aromatic carbocycles. The van der Waals surface area contributed by atoms with E-state index in [4.69, 9.17) is 0 Å². The van der Waals surface area contributed by atoms with Crippen LogP contribution in [0.15, 0.2) is 103 Å². The van der Waals surface area contributed by atoms with Crippen molar-refractivity contribution in [1.82, 2.24) is 4.98 Å². The molecule has 4 aromatic rings. The monoisotopic (exact) mass is 355 g/mol. The maximum absolute atomic E-state index is 4.00. The number of hydrogen-bond acceptors (Lipinski definition) is 1. The smallest absolute Gasteiger partial charge is 0.0280 e. The molecule has 0 atom stereocenters. The van der Waals surface area contributed by atoms with Crippen molar-refractivity contribution in [3.05, 3.63) is 126 Å². The van der Waals surface area contributed by atoms with Gasteiger partial charge in [0.2, 0.25) is 0 Å². The second kappa shape index (κ2) is 8.54. The molecule has 0 N–H and O–H groups in total. The SMILES string of the molecule is C(#Cc1ccc(-c2ccc(C#Cc3ccncc3)cc2)cc1)c1ccccc1. The molecule has 0 spiro atoms. The quantitative estimate of drug-likeness (QED) is 0.408. The normalized spacial score (nSPS) is 9.57. The lowest BCUT2D eigenvalue weighted by Crippen LogP contribution is -1.81. The molecule has 0 aliphatic heterocycles. The highest BCUT2D eigenvalue weighted by Crippen LogP contribution is 2.20. The molecule has 0 amide bonds. The van der Waals surface area contributed by atoms with E-state index in [1.165, 1.54) is 5.56 Å². The molecule has 0 aliphatic carbocycles. The molecule has 0 saturated heterocycles. The van der Waals surface area contributed by atoms with E-state index in [-0.39, 0.29) is 0 Å². The zero-order valence-corrected chi connectivity index (χ0v) is 15.3. The van der Waals surface area contributed by atoms with Crippen LogP contribution in [0.2, 0.25) is 0 Å². The third-order valence-electron chi connectivity index (χ3n) is 4.26. The summed E-state index contributed by atoms with van der Waals surface area (Å²) in [6.45, 7) is 0.